The molecule has 0 saturated carbocycles. The Kier molecular flexibility index (Phi) is 4.99. The van der Waals surface area contributed by atoms with E-state index >= 15 is 0 Å². The first-order valence-corrected chi connectivity index (χ1v) is 8.43. The number of nitrogens with zero attached hydrogens (tertiary/aromatic N) is 2. The van der Waals surface area contributed by atoms with Crippen LogP contribution in [0.4, 0.5) is 23.7 Å². The van der Waals surface area contributed by atoms with Crippen molar-refractivity contribution in [2.24, 2.45) is 0 Å². The number of carboxylic acid groups (broad SMARTS) is 1. The summed E-state index contributed by atoms with van der Waals surface area (Å²) in [6, 6.07) is 4.67. The van der Waals surface area contributed by atoms with Gasteiger partial charge in [-0.3, -0.25) is 9.59 Å². The summed E-state index contributed by atoms with van der Waals surface area (Å²) in [4.78, 5) is 36.6. The summed E-state index contributed by atoms with van der Waals surface area (Å²) in [7, 11) is 0. The summed E-state index contributed by atoms with van der Waals surface area (Å²) in [5.41, 5.74) is 2.19. The number of hydrogen-bond donors (Lipinski definition) is 2. The molecule has 0 aliphatic carbocycles. The molecule has 27 heavy (non-hydrogen) atoms. The molecule has 2 aliphatic rings. The van der Waals surface area contributed by atoms with Crippen LogP contribution in [0, 0.1) is 0 Å². The number of carbonyl (C=O) groups is 3. The van der Waals surface area contributed by atoms with Crippen molar-refractivity contribution in [3.05, 3.63) is 29.3 Å². The number of hydrogen-bond acceptors (Lipinski definition) is 3. The second kappa shape index (κ2) is 7.09. The van der Waals surface area contributed by atoms with Crippen LogP contribution in [0.2, 0.25) is 0 Å². The van der Waals surface area contributed by atoms with Gasteiger partial charge in [-0.1, -0.05) is 6.07 Å². The molecule has 1 saturated heterocycles. The van der Waals surface area contributed by atoms with Crippen LogP contribution in [0.15, 0.2) is 18.2 Å². The Morgan fingerprint density at radius 1 is 1.15 bits per heavy atom. The molecule has 2 heterocycles. The van der Waals surface area contributed by atoms with E-state index in [1.165, 1.54) is 4.90 Å². The maximum Gasteiger partial charge on any atom is 0.471 e. The Morgan fingerprint density at radius 3 is 2.44 bits per heavy atom. The van der Waals surface area contributed by atoms with Crippen molar-refractivity contribution in [2.75, 3.05) is 24.5 Å². The first-order chi connectivity index (χ1) is 12.6. The Hall–Kier alpha value is -2.78. The third-order valence-corrected chi connectivity index (χ3v) is 4.79. The van der Waals surface area contributed by atoms with Crippen molar-refractivity contribution in [3.63, 3.8) is 0 Å². The number of alkyl halides is 3. The Labute approximate surface area is 152 Å². The van der Waals surface area contributed by atoms with E-state index in [2.05, 4.69) is 5.32 Å². The number of carbonyl (C=O) groups excluding carboxylic acids is 2. The Morgan fingerprint density at radius 2 is 1.81 bits per heavy atom. The first kappa shape index (κ1) is 19.0. The largest absolute Gasteiger partial charge is 0.471 e. The van der Waals surface area contributed by atoms with E-state index in [-0.39, 0.29) is 38.4 Å². The van der Waals surface area contributed by atoms with Gasteiger partial charge in [0.15, 0.2) is 0 Å². The molecule has 7 nitrogen and oxygen atoms in total. The Bertz CT molecular complexity index is 781. The second-order valence-corrected chi connectivity index (χ2v) is 6.60. The molecule has 1 aromatic rings. The third kappa shape index (κ3) is 4.15. The molecule has 3 rings (SSSR count). The monoisotopic (exact) mass is 385 g/mol. The molecule has 1 fully saturated rings. The van der Waals surface area contributed by atoms with Gasteiger partial charge in [-0.2, -0.15) is 13.2 Å². The van der Waals surface area contributed by atoms with Crippen LogP contribution >= 0.6 is 0 Å². The molecular formula is C17H18F3N3O4. The molecule has 146 valence electrons. The van der Waals surface area contributed by atoms with Crippen LogP contribution in [0.5, 0.6) is 0 Å². The third-order valence-electron chi connectivity index (χ3n) is 4.79. The van der Waals surface area contributed by atoms with Gasteiger partial charge in [-0.15, -0.1) is 0 Å². The molecule has 2 N–H and O–H groups in total. The summed E-state index contributed by atoms with van der Waals surface area (Å²) in [5.74, 6) is -2.07. The predicted octanol–water partition coefficient (Wildman–Crippen LogP) is 1.55. The van der Waals surface area contributed by atoms with E-state index in [1.807, 2.05) is 0 Å². The highest BCUT2D eigenvalue weighted by molar-refractivity contribution is 5.96. The number of anilines is 1. The minimum atomic E-state index is -4.89. The zero-order valence-corrected chi connectivity index (χ0v) is 14.3. The van der Waals surface area contributed by atoms with E-state index in [0.29, 0.717) is 12.1 Å². The summed E-state index contributed by atoms with van der Waals surface area (Å²) < 4.78 is 38.0. The van der Waals surface area contributed by atoms with E-state index in [0.717, 1.165) is 16.0 Å². The molecule has 0 radical (unpaired) electrons. The standard InChI is InChI=1S/C17H18F3N3O4/c18-17(19,20)15(25)22-5-3-10-1-2-13(7-11(10)4-6-22)23-9-12(8-14(23)24)21-16(26)27/h1-2,7,12,21H,3-6,8-9H2,(H,26,27). The fraction of sp³-hybridized carbons (Fsp3) is 0.471. The smallest absolute Gasteiger partial charge is 0.465 e. The SMILES string of the molecule is O=C(O)NC1CC(=O)N(c2ccc3c(c2)CCN(C(=O)C(F)(F)F)CC3)C1. The van der Waals surface area contributed by atoms with Gasteiger partial charge >= 0.3 is 18.2 Å². The summed E-state index contributed by atoms with van der Waals surface area (Å²) in [6.45, 7) is 0.131. The van der Waals surface area contributed by atoms with Crippen molar-refractivity contribution in [2.45, 2.75) is 31.5 Å². The lowest BCUT2D eigenvalue weighted by Gasteiger charge is -2.21. The normalized spacial score (nSPS) is 20.3. The van der Waals surface area contributed by atoms with Crippen LogP contribution in [-0.2, 0) is 22.4 Å². The topological polar surface area (TPSA) is 89.9 Å². The molecule has 3 amide bonds. The highest BCUT2D eigenvalue weighted by Crippen LogP contribution is 2.28. The van der Waals surface area contributed by atoms with E-state index in [9.17, 15) is 27.6 Å². The van der Waals surface area contributed by atoms with Crippen LogP contribution < -0.4 is 10.2 Å². The van der Waals surface area contributed by atoms with Crippen molar-refractivity contribution < 1.29 is 32.7 Å². The van der Waals surface area contributed by atoms with Crippen molar-refractivity contribution in [1.82, 2.24) is 10.2 Å². The van der Waals surface area contributed by atoms with Crippen LogP contribution in [0.25, 0.3) is 0 Å². The minimum Gasteiger partial charge on any atom is -0.465 e. The average molecular weight is 385 g/mol. The highest BCUT2D eigenvalue weighted by Gasteiger charge is 2.42. The zero-order valence-electron chi connectivity index (χ0n) is 14.3. The number of benzene rings is 1. The van der Waals surface area contributed by atoms with Gasteiger partial charge in [0.2, 0.25) is 5.91 Å². The van der Waals surface area contributed by atoms with Crippen LogP contribution in [0.1, 0.15) is 17.5 Å². The van der Waals surface area contributed by atoms with Gasteiger partial charge in [0.05, 0.1) is 6.04 Å². The lowest BCUT2D eigenvalue weighted by Crippen LogP contribution is -2.42. The highest BCUT2D eigenvalue weighted by atomic mass is 19.4. The van der Waals surface area contributed by atoms with E-state index in [1.54, 1.807) is 18.2 Å². The molecule has 1 atom stereocenters. The van der Waals surface area contributed by atoms with Gasteiger partial charge in [-0.05, 0) is 36.1 Å². The number of rotatable bonds is 2. The zero-order chi connectivity index (χ0) is 19.8. The maximum atomic E-state index is 12.7. The van der Waals surface area contributed by atoms with Crippen LogP contribution in [0.3, 0.4) is 0 Å². The summed E-state index contributed by atoms with van der Waals surface area (Å²) >= 11 is 0. The predicted molar refractivity (Wildman–Crippen MR) is 88.4 cm³/mol. The molecular weight excluding hydrogens is 367 g/mol. The average Bonchev–Trinajstić information content (AvgIpc) is 2.81. The minimum absolute atomic E-state index is 0.0159. The van der Waals surface area contributed by atoms with Gasteiger partial charge in [0.1, 0.15) is 0 Å². The molecule has 2 aliphatic heterocycles. The van der Waals surface area contributed by atoms with Crippen LogP contribution in [-0.4, -0.2) is 59.8 Å². The van der Waals surface area contributed by atoms with Crippen molar-refractivity contribution >= 4 is 23.6 Å². The van der Waals surface area contributed by atoms with E-state index in [4.69, 9.17) is 5.11 Å². The molecule has 1 aromatic carbocycles. The van der Waals surface area contributed by atoms with Crippen molar-refractivity contribution in [3.8, 4) is 0 Å². The maximum absolute atomic E-state index is 12.7. The van der Waals surface area contributed by atoms with Gasteiger partial charge in [0, 0.05) is 31.7 Å². The molecule has 0 bridgehead atoms. The molecule has 10 heteroatoms. The van der Waals surface area contributed by atoms with Gasteiger partial charge < -0.3 is 20.2 Å². The number of fused-ring (bicyclic) bond motifs is 1. The Balaban J connectivity index is 1.74. The van der Waals surface area contributed by atoms with Crippen molar-refractivity contribution in [1.29, 1.82) is 0 Å². The lowest BCUT2D eigenvalue weighted by atomic mass is 10.0. The molecule has 1 unspecified atom stereocenters. The van der Waals surface area contributed by atoms with Gasteiger partial charge in [-0.25, -0.2) is 4.79 Å². The summed E-state index contributed by atoms with van der Waals surface area (Å²) in [5, 5.41) is 11.1. The number of nitrogens with one attached hydrogen (secondary N) is 1. The fourth-order valence-electron chi connectivity index (χ4n) is 3.49. The fourth-order valence-corrected chi connectivity index (χ4v) is 3.49. The van der Waals surface area contributed by atoms with Gasteiger partial charge in [0.25, 0.3) is 0 Å². The second-order valence-electron chi connectivity index (χ2n) is 6.60. The number of halogens is 3. The van der Waals surface area contributed by atoms with E-state index < -0.39 is 24.2 Å². The number of amides is 3. The molecule has 0 spiro atoms. The lowest BCUT2D eigenvalue weighted by molar-refractivity contribution is -0.185. The summed E-state index contributed by atoms with van der Waals surface area (Å²) in [6.07, 6.45) is -5.49. The molecule has 0 aromatic heterocycles. The quantitative estimate of drug-likeness (QED) is 0.808. The first-order valence-electron chi connectivity index (χ1n) is 8.43.